The van der Waals surface area contributed by atoms with Gasteiger partial charge in [0.15, 0.2) is 0 Å². The number of hydrogen-bond donors (Lipinski definition) is 3. The molecule has 0 radical (unpaired) electrons. The molecule has 2 atom stereocenters. The first-order valence-electron chi connectivity index (χ1n) is 23.7. The summed E-state index contributed by atoms with van der Waals surface area (Å²) < 4.78 is 0. The van der Waals surface area contributed by atoms with Crippen LogP contribution < -0.4 is 5.32 Å². The van der Waals surface area contributed by atoms with E-state index < -0.39 is 12.1 Å². The number of carbonyl (C=O) groups is 1. The Bertz CT molecular complexity index is 806. The quantitative estimate of drug-likeness (QED) is 0.0430. The first-order valence-corrected chi connectivity index (χ1v) is 23.7. The highest BCUT2D eigenvalue weighted by Crippen LogP contribution is 2.16. The number of unbranched alkanes of at least 4 members (excludes halogenated alkanes) is 32. The van der Waals surface area contributed by atoms with Crippen LogP contribution in [0.1, 0.15) is 251 Å². The lowest BCUT2D eigenvalue weighted by atomic mass is 10.0. The Morgan fingerprint density at radius 3 is 1.09 bits per heavy atom. The van der Waals surface area contributed by atoms with Crippen LogP contribution in [-0.4, -0.2) is 34.9 Å². The van der Waals surface area contributed by atoms with Crippen LogP contribution in [0, 0.1) is 0 Å². The van der Waals surface area contributed by atoms with Crippen molar-refractivity contribution in [3.63, 3.8) is 0 Å². The van der Waals surface area contributed by atoms with Crippen molar-refractivity contribution in [1.29, 1.82) is 0 Å². The fourth-order valence-corrected chi connectivity index (χ4v) is 7.21. The average molecular weight is 744 g/mol. The lowest BCUT2D eigenvalue weighted by Crippen LogP contribution is -2.45. The van der Waals surface area contributed by atoms with Crippen molar-refractivity contribution in [2.45, 2.75) is 264 Å². The van der Waals surface area contributed by atoms with E-state index in [9.17, 15) is 15.0 Å². The van der Waals surface area contributed by atoms with Gasteiger partial charge in [-0.3, -0.25) is 4.79 Å². The van der Waals surface area contributed by atoms with Gasteiger partial charge in [-0.2, -0.15) is 0 Å². The summed E-state index contributed by atoms with van der Waals surface area (Å²) in [5.74, 6) is -0.0742. The third-order valence-electron chi connectivity index (χ3n) is 10.9. The molecule has 0 aliphatic rings. The number of aliphatic hydroxyl groups is 2. The zero-order valence-electron chi connectivity index (χ0n) is 35.8. The molecule has 0 aromatic heterocycles. The van der Waals surface area contributed by atoms with Crippen molar-refractivity contribution in [1.82, 2.24) is 5.32 Å². The standard InChI is InChI=1S/C49H93NO3/c1-3-5-7-9-11-13-15-17-19-21-23-24-25-27-29-31-33-35-37-39-41-43-45-49(53)50-47(46-51)48(52)44-42-40-38-36-34-32-30-28-26-22-20-18-16-14-12-10-8-6-4-2/h26,28,34,36,42,44,47-48,51-52H,3-25,27,29-33,35,37-41,43,45-46H2,1-2H3,(H,50,53)/b28-26+,36-34+,44-42+. The summed E-state index contributed by atoms with van der Waals surface area (Å²) in [7, 11) is 0. The topological polar surface area (TPSA) is 69.6 Å². The fourth-order valence-electron chi connectivity index (χ4n) is 7.21. The van der Waals surface area contributed by atoms with Gasteiger partial charge in [0.2, 0.25) is 5.91 Å². The van der Waals surface area contributed by atoms with Gasteiger partial charge in [-0.15, -0.1) is 0 Å². The van der Waals surface area contributed by atoms with E-state index in [2.05, 4.69) is 43.5 Å². The van der Waals surface area contributed by atoms with Gasteiger partial charge in [-0.05, 0) is 44.9 Å². The van der Waals surface area contributed by atoms with Crippen molar-refractivity contribution >= 4 is 5.91 Å². The summed E-state index contributed by atoms with van der Waals surface area (Å²) in [6.45, 7) is 4.31. The van der Waals surface area contributed by atoms with Crippen LogP contribution in [0.15, 0.2) is 36.5 Å². The Hall–Kier alpha value is -1.39. The molecule has 4 nitrogen and oxygen atoms in total. The molecule has 0 aromatic carbocycles. The number of hydrogen-bond acceptors (Lipinski definition) is 3. The fraction of sp³-hybridized carbons (Fsp3) is 0.857. The highest BCUT2D eigenvalue weighted by molar-refractivity contribution is 5.76. The van der Waals surface area contributed by atoms with Gasteiger partial charge in [0, 0.05) is 6.42 Å². The second kappa shape index (κ2) is 45.0. The molecule has 3 N–H and O–H groups in total. The molecule has 0 heterocycles. The monoisotopic (exact) mass is 744 g/mol. The molecule has 0 spiro atoms. The predicted molar refractivity (Wildman–Crippen MR) is 235 cm³/mol. The van der Waals surface area contributed by atoms with E-state index in [1.165, 1.54) is 193 Å². The van der Waals surface area contributed by atoms with Crippen LogP contribution >= 0.6 is 0 Å². The van der Waals surface area contributed by atoms with Gasteiger partial charge < -0.3 is 15.5 Å². The predicted octanol–water partition coefficient (Wildman–Crippen LogP) is 15.0. The number of carbonyl (C=O) groups excluding carboxylic acids is 1. The lowest BCUT2D eigenvalue weighted by Gasteiger charge is -2.19. The van der Waals surface area contributed by atoms with Crippen molar-refractivity contribution < 1.29 is 15.0 Å². The summed E-state index contributed by atoms with van der Waals surface area (Å²) in [6.07, 6.45) is 59.8. The van der Waals surface area contributed by atoms with Crippen LogP contribution in [0.25, 0.3) is 0 Å². The van der Waals surface area contributed by atoms with Crippen LogP contribution in [0.4, 0.5) is 0 Å². The molecule has 0 aromatic rings. The second-order valence-corrected chi connectivity index (χ2v) is 16.2. The third-order valence-corrected chi connectivity index (χ3v) is 10.9. The average Bonchev–Trinajstić information content (AvgIpc) is 3.16. The summed E-state index contributed by atoms with van der Waals surface area (Å²) in [5, 5.41) is 23.0. The number of rotatable bonds is 43. The molecule has 312 valence electrons. The van der Waals surface area contributed by atoms with Crippen LogP contribution in [0.5, 0.6) is 0 Å². The molecular formula is C49H93NO3. The zero-order chi connectivity index (χ0) is 38.6. The number of nitrogens with one attached hydrogen (secondary N) is 1. The first-order chi connectivity index (χ1) is 26.2. The molecule has 0 saturated heterocycles. The highest BCUT2D eigenvalue weighted by atomic mass is 16.3. The minimum atomic E-state index is -0.867. The minimum absolute atomic E-state index is 0.0742. The highest BCUT2D eigenvalue weighted by Gasteiger charge is 2.17. The van der Waals surface area contributed by atoms with Gasteiger partial charge in [0.05, 0.1) is 18.8 Å². The second-order valence-electron chi connectivity index (χ2n) is 16.2. The van der Waals surface area contributed by atoms with Gasteiger partial charge in [-0.25, -0.2) is 0 Å². The van der Waals surface area contributed by atoms with Crippen LogP contribution in [0.2, 0.25) is 0 Å². The first kappa shape index (κ1) is 51.6. The maximum absolute atomic E-state index is 12.4. The maximum atomic E-state index is 12.4. The summed E-state index contributed by atoms with van der Waals surface area (Å²) in [4.78, 5) is 12.4. The molecule has 2 unspecified atom stereocenters. The van der Waals surface area contributed by atoms with E-state index in [0.717, 1.165) is 38.5 Å². The van der Waals surface area contributed by atoms with Crippen molar-refractivity contribution in [2.75, 3.05) is 6.61 Å². The molecule has 4 heteroatoms. The Morgan fingerprint density at radius 1 is 0.434 bits per heavy atom. The summed E-state index contributed by atoms with van der Waals surface area (Å²) >= 11 is 0. The zero-order valence-corrected chi connectivity index (χ0v) is 35.8. The Labute approximate surface area is 331 Å². The number of amides is 1. The van der Waals surface area contributed by atoms with Gasteiger partial charge >= 0.3 is 0 Å². The maximum Gasteiger partial charge on any atom is 0.220 e. The normalized spacial score (nSPS) is 13.2. The van der Waals surface area contributed by atoms with Crippen molar-refractivity contribution in [3.05, 3.63) is 36.5 Å². The smallest absolute Gasteiger partial charge is 0.220 e. The molecule has 0 rings (SSSR count). The van der Waals surface area contributed by atoms with Gasteiger partial charge in [0.1, 0.15) is 0 Å². The van der Waals surface area contributed by atoms with E-state index in [1.54, 1.807) is 6.08 Å². The van der Waals surface area contributed by atoms with E-state index in [0.29, 0.717) is 6.42 Å². The molecule has 0 aliphatic carbocycles. The summed E-state index contributed by atoms with van der Waals surface area (Å²) in [5.41, 5.74) is 0. The number of allylic oxidation sites excluding steroid dienone is 5. The Balaban J connectivity index is 3.58. The minimum Gasteiger partial charge on any atom is -0.394 e. The van der Waals surface area contributed by atoms with Crippen LogP contribution in [-0.2, 0) is 4.79 Å². The Kier molecular flexibility index (Phi) is 43.8. The van der Waals surface area contributed by atoms with E-state index in [1.807, 2.05) is 6.08 Å². The largest absolute Gasteiger partial charge is 0.394 e. The van der Waals surface area contributed by atoms with Gasteiger partial charge in [0.25, 0.3) is 0 Å². The molecule has 0 bridgehead atoms. The molecule has 0 saturated carbocycles. The SMILES string of the molecule is CCCCCCCCCCC/C=C/CC/C=C/CC/C=C/C(O)C(CO)NC(=O)CCCCCCCCCCCCCCCCCCCCCCCC. The van der Waals surface area contributed by atoms with Crippen molar-refractivity contribution in [3.8, 4) is 0 Å². The van der Waals surface area contributed by atoms with Crippen LogP contribution in [0.3, 0.4) is 0 Å². The van der Waals surface area contributed by atoms with E-state index in [-0.39, 0.29) is 12.5 Å². The number of aliphatic hydroxyl groups excluding tert-OH is 2. The van der Waals surface area contributed by atoms with Gasteiger partial charge in [-0.1, -0.05) is 237 Å². The third kappa shape index (κ3) is 41.6. The molecule has 53 heavy (non-hydrogen) atoms. The lowest BCUT2D eigenvalue weighted by molar-refractivity contribution is -0.123. The molecule has 1 amide bonds. The molecule has 0 aliphatic heterocycles. The molecule has 0 fully saturated rings. The van der Waals surface area contributed by atoms with E-state index >= 15 is 0 Å². The summed E-state index contributed by atoms with van der Waals surface area (Å²) in [6, 6.07) is -0.642. The van der Waals surface area contributed by atoms with Crippen molar-refractivity contribution in [2.24, 2.45) is 0 Å². The molecular weight excluding hydrogens is 651 g/mol. The Morgan fingerprint density at radius 2 is 0.736 bits per heavy atom. The van der Waals surface area contributed by atoms with E-state index in [4.69, 9.17) is 0 Å².